The molecule has 766 valence electrons. The molecule has 0 aromatic carbocycles. The average molecular weight is 1960 g/mol. The van der Waals surface area contributed by atoms with Crippen molar-refractivity contribution in [1.29, 1.82) is 0 Å². The standard InChI is InChI=1S/C68H118NO61P/c69-23-27(86)24(83)18(6-74)113-58(23)111-10-16(82)49-35(94)32(91)43(102)64(120-49)127-56-37(96)36(95)48(14(80)4-72)121-66(56)126-55-45(104)65(123-51-17(130-131(108,109)110)1-68(107,67(105)106)129-50(51)15(81)5-73)124-53(21(9-77)116-62-42(101)31(90)34(93)47(119-62)13(79)3-71)57(55)128-63-40(99)29(88)26(85)22(117-63)11-112-59-44(103)38(97)54(125-60-39(98)28(87)25(84)19(7-75)114-60)52(122-59)20(8-76)115-61-41(100)30(89)33(92)46(118-61)12(78)2-70/h12-66,70-104,107H,1-11,69H2,(H,105,106)(H2,108,109,110)/t12-,13+,14+,15-,16+,17-,18-,19-,20-,21+,22-,23-,24-,25+,26-,27-,28+,29+,30+,31+,32+,33+,34+,35+,36+,37+,38-,39-,40-,41+,42+,43+,44+,45+,46-,47-,48-,49-,50-,51-,52-,53-,54+,55-,56+,57-,58+,59+,60+,61+,62+,63-,64-,65+,66-,68-/m1/s1. The monoisotopic (exact) mass is 1960 g/mol. The van der Waals surface area contributed by atoms with Gasteiger partial charge < -0.3 is 294 Å². The van der Waals surface area contributed by atoms with E-state index in [9.17, 15) is 208 Å². The number of carbonyl (C=O) groups is 1. The molecular weight excluding hydrogens is 1840 g/mol. The van der Waals surface area contributed by atoms with Crippen molar-refractivity contribution >= 4 is 13.8 Å². The minimum atomic E-state index is -6.14. The molecule has 131 heavy (non-hydrogen) atoms. The van der Waals surface area contributed by atoms with Gasteiger partial charge in [0.05, 0.1) is 72.1 Å². The van der Waals surface area contributed by atoms with Crippen LogP contribution in [0.1, 0.15) is 6.42 Å². The van der Waals surface area contributed by atoms with E-state index in [0.717, 1.165) is 0 Å². The van der Waals surface area contributed by atoms with Crippen molar-refractivity contribution in [2.75, 3.05) is 66.1 Å². The summed E-state index contributed by atoms with van der Waals surface area (Å²) < 4.78 is 128. The number of ether oxygens (including phenoxy) is 19. The maximum atomic E-state index is 13.2. The number of carboxylic acid groups (broad SMARTS) is 1. The number of phosphoric ester groups is 1. The third kappa shape index (κ3) is 24.1. The predicted octanol–water partition coefficient (Wildman–Crippen LogP) is -26.7. The minimum absolute atomic E-state index is 0.947. The molecule has 0 amide bonds. The number of hydrogen-bond donors (Lipinski definition) is 40. The zero-order valence-electron chi connectivity index (χ0n) is 68.0. The SMILES string of the molecule is N[C@H]1[C@@H](OC[C@H](O)[C@H]2O[C@H](O[C@@H]3[C@@H](O[C@@H]4[C@H](O)[C@@H](O[C@H]5[C@@H]([C@H](O)CO)O[C@@](O)(C(=O)O)C[C@H]5OP(=O)(O)O)O[C@H]([C@H](CO)O[C@H]5O[C@H]([C@@H](O)CO)[C@@H](O)[C@H](O)[C@@H]5O)[C@H]4O[C@H]4O[C@H](CO[C@H]5O[C@H]([C@@H](CO)O[C@H]6O[C@H]([C@H](O)CO)[C@@H](O)[C@H](O)[C@@H]6O)[C@@H](O[C@@H]6O[C@H](CO)[C@H](O)[C@H](O)[C@H]6O)[C@H](O)[C@@H]5O)[C@@H](O)[C@H](O)[C@H]4O)O[C@H]([C@@H](O)CO)[C@@H](O)[C@@H]3O)[C@@H](O)[C@@H](O)[C@@H]2O)O[C@H](CO)[C@@H](O)[C@@H]1O. The van der Waals surface area contributed by atoms with Crippen LogP contribution in [0.15, 0.2) is 0 Å². The van der Waals surface area contributed by atoms with Gasteiger partial charge in [-0.2, -0.15) is 0 Å². The van der Waals surface area contributed by atoms with Gasteiger partial charge in [-0.15, -0.1) is 0 Å². The van der Waals surface area contributed by atoms with E-state index in [4.69, 9.17) is 100 Å². The van der Waals surface area contributed by atoms with E-state index < -0.39 is 429 Å². The molecule has 0 spiro atoms. The molecule has 0 radical (unpaired) electrons. The molecule has 0 aromatic rings. The molecule has 10 heterocycles. The molecule has 0 aromatic heterocycles. The number of hydrogen-bond acceptors (Lipinski definition) is 59. The fourth-order valence-corrected chi connectivity index (χ4v) is 16.8. The molecule has 10 saturated heterocycles. The second-order valence-corrected chi connectivity index (χ2v) is 33.8. The Hall–Kier alpha value is -2.66. The highest BCUT2D eigenvalue weighted by Crippen LogP contribution is 2.47. The fourth-order valence-electron chi connectivity index (χ4n) is 16.3. The summed E-state index contributed by atoms with van der Waals surface area (Å²) in [6.45, 7) is -13.4. The Morgan fingerprint density at radius 1 is 0.336 bits per heavy atom. The maximum Gasteiger partial charge on any atom is 0.469 e. The van der Waals surface area contributed by atoms with Crippen LogP contribution >= 0.6 is 7.82 Å². The lowest BCUT2D eigenvalue weighted by atomic mass is 9.91. The Kier molecular flexibility index (Phi) is 39.4. The van der Waals surface area contributed by atoms with E-state index in [1.807, 2.05) is 0 Å². The Balaban J connectivity index is 1.07. The van der Waals surface area contributed by atoms with Gasteiger partial charge in [0.2, 0.25) is 0 Å². The van der Waals surface area contributed by atoms with Gasteiger partial charge in [-0.1, -0.05) is 0 Å². The van der Waals surface area contributed by atoms with Crippen LogP contribution in [0.2, 0.25) is 0 Å². The van der Waals surface area contributed by atoms with Crippen molar-refractivity contribution in [3.8, 4) is 0 Å². The summed E-state index contributed by atoms with van der Waals surface area (Å²) in [5.41, 5.74) is 5.97. The second-order valence-electron chi connectivity index (χ2n) is 32.6. The molecule has 63 heteroatoms. The van der Waals surface area contributed by atoms with Crippen molar-refractivity contribution in [2.24, 2.45) is 5.73 Å². The van der Waals surface area contributed by atoms with Crippen molar-refractivity contribution < 1.29 is 303 Å². The Morgan fingerprint density at radius 2 is 0.672 bits per heavy atom. The van der Waals surface area contributed by atoms with Crippen LogP contribution in [0.25, 0.3) is 0 Å². The number of aliphatic hydroxyl groups excluding tert-OH is 35. The third-order valence-corrected chi connectivity index (χ3v) is 24.3. The van der Waals surface area contributed by atoms with Gasteiger partial charge in [0.15, 0.2) is 56.6 Å². The summed E-state index contributed by atoms with van der Waals surface area (Å²) in [5, 5.41) is 411. The van der Waals surface area contributed by atoms with Crippen molar-refractivity contribution in [2.45, 2.75) is 350 Å². The van der Waals surface area contributed by atoms with Crippen molar-refractivity contribution in [1.82, 2.24) is 0 Å². The number of nitrogens with two attached hydrogens (primary N) is 1. The normalized spacial score (nSPS) is 49.2. The topological polar surface area (TPSA) is 1030 Å². The minimum Gasteiger partial charge on any atom is -0.477 e. The molecule has 41 N–H and O–H groups in total. The van der Waals surface area contributed by atoms with Crippen molar-refractivity contribution in [3.05, 3.63) is 0 Å². The molecule has 10 rings (SSSR count). The molecule has 10 fully saturated rings. The summed E-state index contributed by atoms with van der Waals surface area (Å²) >= 11 is 0. The van der Waals surface area contributed by atoms with Gasteiger partial charge in [0, 0.05) is 6.42 Å². The van der Waals surface area contributed by atoms with E-state index >= 15 is 0 Å². The van der Waals surface area contributed by atoms with Crippen LogP contribution in [-0.4, -0.2) is 614 Å². The van der Waals surface area contributed by atoms with Crippen LogP contribution in [0.5, 0.6) is 0 Å². The summed E-state index contributed by atoms with van der Waals surface area (Å²) in [5.74, 6) is -6.13. The predicted molar refractivity (Wildman–Crippen MR) is 390 cm³/mol. The number of rotatable bonds is 38. The highest BCUT2D eigenvalue weighted by Gasteiger charge is 2.65. The van der Waals surface area contributed by atoms with E-state index in [-0.39, 0.29) is 0 Å². The first-order valence-electron chi connectivity index (χ1n) is 40.6. The number of phosphoric acid groups is 1. The van der Waals surface area contributed by atoms with Gasteiger partial charge >= 0.3 is 13.8 Å². The van der Waals surface area contributed by atoms with Crippen LogP contribution in [0, 0.1) is 0 Å². The second kappa shape index (κ2) is 46.8. The van der Waals surface area contributed by atoms with Gasteiger partial charge in [-0.25, -0.2) is 9.36 Å². The van der Waals surface area contributed by atoms with Crippen LogP contribution in [0.4, 0.5) is 0 Å². The lowest BCUT2D eigenvalue weighted by molar-refractivity contribution is -0.419. The molecular formula is C68H118NO61P. The first-order chi connectivity index (χ1) is 61.5. The van der Waals surface area contributed by atoms with E-state index in [0.29, 0.717) is 0 Å². The summed E-state index contributed by atoms with van der Waals surface area (Å²) in [6, 6.07) is -1.65. The van der Waals surface area contributed by atoms with Crippen molar-refractivity contribution in [3.63, 3.8) is 0 Å². The van der Waals surface area contributed by atoms with E-state index in [1.54, 1.807) is 0 Å². The molecule has 10 aliphatic rings. The molecule has 0 saturated carbocycles. The largest absolute Gasteiger partial charge is 0.477 e. The lowest BCUT2D eigenvalue weighted by Crippen LogP contribution is -2.71. The Bertz CT molecular complexity index is 3510. The first kappa shape index (κ1) is 110. The number of aliphatic carboxylic acids is 1. The molecule has 10 aliphatic heterocycles. The van der Waals surface area contributed by atoms with E-state index in [1.165, 1.54) is 0 Å². The average Bonchev–Trinajstić information content (AvgIpc) is 0.748. The molecule has 0 bridgehead atoms. The fraction of sp³-hybridized carbons (Fsp3) is 0.985. The van der Waals surface area contributed by atoms with Crippen LogP contribution in [0.3, 0.4) is 0 Å². The zero-order valence-corrected chi connectivity index (χ0v) is 68.9. The molecule has 56 atom stereocenters. The molecule has 62 nitrogen and oxygen atoms in total. The third-order valence-electron chi connectivity index (χ3n) is 23.8. The maximum absolute atomic E-state index is 13.2. The van der Waals surface area contributed by atoms with Gasteiger partial charge in [-0.05, 0) is 0 Å². The Morgan fingerprint density at radius 3 is 1.14 bits per heavy atom. The highest BCUT2D eigenvalue weighted by atomic mass is 31.2. The summed E-state index contributed by atoms with van der Waals surface area (Å²) in [6.07, 6.45) is -135. The quantitative estimate of drug-likeness (QED) is 0.0255. The van der Waals surface area contributed by atoms with Gasteiger partial charge in [-0.3, -0.25) is 4.52 Å². The molecule has 0 unspecified atom stereocenters. The summed E-state index contributed by atoms with van der Waals surface area (Å²) in [4.78, 5) is 33.2. The van der Waals surface area contributed by atoms with Crippen LogP contribution in [-0.2, 0) is 104 Å². The van der Waals surface area contributed by atoms with E-state index in [2.05, 4.69) is 0 Å². The summed E-state index contributed by atoms with van der Waals surface area (Å²) in [7, 11) is -6.14. The zero-order chi connectivity index (χ0) is 97.3. The molecule has 0 aliphatic carbocycles. The smallest absolute Gasteiger partial charge is 0.469 e. The highest BCUT2D eigenvalue weighted by molar-refractivity contribution is 7.46. The van der Waals surface area contributed by atoms with Gasteiger partial charge in [0.25, 0.3) is 5.79 Å². The first-order valence-corrected chi connectivity index (χ1v) is 42.1. The van der Waals surface area contributed by atoms with Gasteiger partial charge in [0.1, 0.15) is 275 Å². The number of carboxylic acids is 1. The Labute approximate surface area is 735 Å². The lowest BCUT2D eigenvalue weighted by Gasteiger charge is -2.53. The van der Waals surface area contributed by atoms with Crippen LogP contribution < -0.4 is 5.73 Å². The number of aliphatic hydroxyl groups is 36.